The largest absolute Gasteiger partial charge is 0.454 e. The van der Waals surface area contributed by atoms with Gasteiger partial charge in [-0.05, 0) is 18.6 Å². The molecule has 0 aliphatic carbocycles. The molecule has 13 heavy (non-hydrogen) atoms. The van der Waals surface area contributed by atoms with Crippen molar-refractivity contribution in [2.45, 2.75) is 6.92 Å². The molecule has 1 aliphatic heterocycles. The van der Waals surface area contributed by atoms with Gasteiger partial charge in [-0.2, -0.15) is 0 Å². The molecule has 1 aliphatic rings. The van der Waals surface area contributed by atoms with E-state index in [0.717, 1.165) is 17.1 Å². The van der Waals surface area contributed by atoms with E-state index in [1.54, 1.807) is 6.07 Å². The summed E-state index contributed by atoms with van der Waals surface area (Å²) in [7, 11) is 0. The Morgan fingerprint density at radius 2 is 2.00 bits per heavy atom. The van der Waals surface area contributed by atoms with Crippen molar-refractivity contribution in [1.82, 2.24) is 0 Å². The standard InChI is InChI=1S/C10H9ClO2/c1-2-3-7-4-9-10(5-8(7)11)13-6-12-9/h2-5H,6H2,1H3/b3-2-. The van der Waals surface area contributed by atoms with E-state index < -0.39 is 0 Å². The lowest BCUT2D eigenvalue weighted by Crippen LogP contribution is -1.92. The molecule has 0 fully saturated rings. The van der Waals surface area contributed by atoms with Crippen LogP contribution in [0.2, 0.25) is 5.02 Å². The average Bonchev–Trinajstić information content (AvgIpc) is 2.52. The second kappa shape index (κ2) is 3.30. The Morgan fingerprint density at radius 1 is 1.31 bits per heavy atom. The van der Waals surface area contributed by atoms with Gasteiger partial charge in [-0.3, -0.25) is 0 Å². The van der Waals surface area contributed by atoms with E-state index in [1.165, 1.54) is 0 Å². The summed E-state index contributed by atoms with van der Waals surface area (Å²) in [4.78, 5) is 0. The second-order valence-electron chi connectivity index (χ2n) is 2.73. The molecule has 0 atom stereocenters. The Kier molecular flexibility index (Phi) is 2.15. The maximum absolute atomic E-state index is 6.00. The highest BCUT2D eigenvalue weighted by Crippen LogP contribution is 2.37. The molecule has 3 heteroatoms. The van der Waals surface area contributed by atoms with Crippen molar-refractivity contribution in [3.63, 3.8) is 0 Å². The van der Waals surface area contributed by atoms with E-state index in [0.29, 0.717) is 5.02 Å². The molecule has 1 aromatic carbocycles. The van der Waals surface area contributed by atoms with Crippen LogP contribution in [0.4, 0.5) is 0 Å². The molecule has 0 bridgehead atoms. The van der Waals surface area contributed by atoms with Crippen molar-refractivity contribution in [2.75, 3.05) is 6.79 Å². The summed E-state index contributed by atoms with van der Waals surface area (Å²) in [5, 5.41) is 0.683. The number of ether oxygens (including phenoxy) is 2. The summed E-state index contributed by atoms with van der Waals surface area (Å²) in [6.45, 7) is 2.23. The maximum Gasteiger partial charge on any atom is 0.231 e. The molecule has 1 aromatic rings. The lowest BCUT2D eigenvalue weighted by Gasteiger charge is -2.00. The fourth-order valence-electron chi connectivity index (χ4n) is 1.24. The van der Waals surface area contributed by atoms with Gasteiger partial charge in [0.05, 0.1) is 5.02 Å². The molecule has 0 radical (unpaired) electrons. The van der Waals surface area contributed by atoms with Crippen molar-refractivity contribution in [2.24, 2.45) is 0 Å². The number of benzene rings is 1. The zero-order chi connectivity index (χ0) is 9.26. The van der Waals surface area contributed by atoms with E-state index in [1.807, 2.05) is 25.1 Å². The normalized spacial score (nSPS) is 14.0. The van der Waals surface area contributed by atoms with Crippen molar-refractivity contribution >= 4 is 17.7 Å². The van der Waals surface area contributed by atoms with Gasteiger partial charge in [0.2, 0.25) is 6.79 Å². The van der Waals surface area contributed by atoms with Gasteiger partial charge >= 0.3 is 0 Å². The van der Waals surface area contributed by atoms with Gasteiger partial charge in [-0.25, -0.2) is 0 Å². The van der Waals surface area contributed by atoms with Crippen molar-refractivity contribution in [1.29, 1.82) is 0 Å². The van der Waals surface area contributed by atoms with Gasteiger partial charge in [-0.15, -0.1) is 0 Å². The first-order valence-electron chi connectivity index (χ1n) is 4.03. The predicted molar refractivity (Wildman–Crippen MR) is 52.3 cm³/mol. The van der Waals surface area contributed by atoms with Crippen LogP contribution in [0.1, 0.15) is 12.5 Å². The van der Waals surface area contributed by atoms with Crippen LogP contribution in [-0.4, -0.2) is 6.79 Å². The molecular formula is C10H9ClO2. The minimum atomic E-state index is 0.283. The molecule has 0 N–H and O–H groups in total. The first kappa shape index (κ1) is 8.45. The molecule has 0 unspecified atom stereocenters. The minimum Gasteiger partial charge on any atom is -0.454 e. The molecule has 0 amide bonds. The molecule has 2 nitrogen and oxygen atoms in total. The minimum absolute atomic E-state index is 0.283. The predicted octanol–water partition coefficient (Wildman–Crippen LogP) is 3.10. The number of halogens is 1. The maximum atomic E-state index is 6.00. The third kappa shape index (κ3) is 1.49. The highest BCUT2D eigenvalue weighted by atomic mass is 35.5. The lowest BCUT2D eigenvalue weighted by molar-refractivity contribution is 0.174. The third-order valence-electron chi connectivity index (χ3n) is 1.84. The molecule has 0 saturated carbocycles. The number of hydrogen-bond donors (Lipinski definition) is 0. The van der Waals surface area contributed by atoms with Gasteiger partial charge in [0, 0.05) is 6.07 Å². The smallest absolute Gasteiger partial charge is 0.231 e. The molecule has 1 heterocycles. The SMILES string of the molecule is C/C=C\c1cc2c(cc1Cl)OCO2. The van der Waals surface area contributed by atoms with Gasteiger partial charge in [-0.1, -0.05) is 23.8 Å². The van der Waals surface area contributed by atoms with Crippen LogP contribution in [0, 0.1) is 0 Å². The van der Waals surface area contributed by atoms with E-state index >= 15 is 0 Å². The molecule has 0 spiro atoms. The summed E-state index contributed by atoms with van der Waals surface area (Å²) >= 11 is 6.00. The summed E-state index contributed by atoms with van der Waals surface area (Å²) in [6, 6.07) is 3.66. The van der Waals surface area contributed by atoms with Crippen LogP contribution in [0.15, 0.2) is 18.2 Å². The van der Waals surface area contributed by atoms with Crippen LogP contribution in [0.25, 0.3) is 6.08 Å². The van der Waals surface area contributed by atoms with Gasteiger partial charge in [0.15, 0.2) is 11.5 Å². The monoisotopic (exact) mass is 196 g/mol. The number of fused-ring (bicyclic) bond motifs is 1. The van der Waals surface area contributed by atoms with Crippen LogP contribution < -0.4 is 9.47 Å². The average molecular weight is 197 g/mol. The summed E-state index contributed by atoms with van der Waals surface area (Å²) in [5.74, 6) is 1.48. The van der Waals surface area contributed by atoms with Crippen molar-refractivity contribution < 1.29 is 9.47 Å². The quantitative estimate of drug-likeness (QED) is 0.687. The first-order chi connectivity index (χ1) is 6.31. The van der Waals surface area contributed by atoms with Crippen LogP contribution in [0.5, 0.6) is 11.5 Å². The highest BCUT2D eigenvalue weighted by molar-refractivity contribution is 6.32. The highest BCUT2D eigenvalue weighted by Gasteiger charge is 2.14. The molecule has 0 saturated heterocycles. The molecular weight excluding hydrogens is 188 g/mol. The topological polar surface area (TPSA) is 18.5 Å². The van der Waals surface area contributed by atoms with Crippen molar-refractivity contribution in [3.05, 3.63) is 28.8 Å². The van der Waals surface area contributed by atoms with Crippen LogP contribution >= 0.6 is 11.6 Å². The number of allylic oxidation sites excluding steroid dienone is 1. The summed E-state index contributed by atoms with van der Waals surface area (Å²) < 4.78 is 10.4. The van der Waals surface area contributed by atoms with E-state index in [2.05, 4.69) is 0 Å². The zero-order valence-electron chi connectivity index (χ0n) is 7.21. The Labute approximate surface area is 81.7 Å². The first-order valence-corrected chi connectivity index (χ1v) is 4.41. The Bertz CT molecular complexity index is 358. The fraction of sp³-hybridized carbons (Fsp3) is 0.200. The molecule has 2 rings (SSSR count). The molecule has 68 valence electrons. The molecule has 0 aromatic heterocycles. The van der Waals surface area contributed by atoms with Crippen molar-refractivity contribution in [3.8, 4) is 11.5 Å². The number of rotatable bonds is 1. The van der Waals surface area contributed by atoms with E-state index in [-0.39, 0.29) is 6.79 Å². The second-order valence-corrected chi connectivity index (χ2v) is 3.13. The number of hydrogen-bond acceptors (Lipinski definition) is 2. The lowest BCUT2D eigenvalue weighted by atomic mass is 10.2. The van der Waals surface area contributed by atoms with Gasteiger partial charge < -0.3 is 9.47 Å². The Balaban J connectivity index is 2.49. The third-order valence-corrected chi connectivity index (χ3v) is 2.17. The Hall–Kier alpha value is -1.15. The van der Waals surface area contributed by atoms with Gasteiger partial charge in [0.25, 0.3) is 0 Å². The van der Waals surface area contributed by atoms with E-state index in [4.69, 9.17) is 21.1 Å². The zero-order valence-corrected chi connectivity index (χ0v) is 7.97. The fourth-order valence-corrected chi connectivity index (χ4v) is 1.46. The van der Waals surface area contributed by atoms with Crippen LogP contribution in [0.3, 0.4) is 0 Å². The van der Waals surface area contributed by atoms with Crippen LogP contribution in [-0.2, 0) is 0 Å². The summed E-state index contributed by atoms with van der Waals surface area (Å²) in [6.07, 6.45) is 3.87. The van der Waals surface area contributed by atoms with Gasteiger partial charge in [0.1, 0.15) is 0 Å². The Morgan fingerprint density at radius 3 is 2.69 bits per heavy atom. The van der Waals surface area contributed by atoms with E-state index in [9.17, 15) is 0 Å². The summed E-state index contributed by atoms with van der Waals surface area (Å²) in [5.41, 5.74) is 0.952.